The lowest BCUT2D eigenvalue weighted by molar-refractivity contribution is 0.0702. The summed E-state index contributed by atoms with van der Waals surface area (Å²) in [5.41, 5.74) is 1.10. The molecule has 6 nitrogen and oxygen atoms in total. The van der Waals surface area contributed by atoms with Crippen LogP contribution in [0.4, 0.5) is 4.39 Å². The van der Waals surface area contributed by atoms with Gasteiger partial charge in [-0.3, -0.25) is 4.99 Å². The molecule has 0 heterocycles. The van der Waals surface area contributed by atoms with Crippen LogP contribution in [0.5, 0.6) is 0 Å². The molecule has 0 amide bonds. The van der Waals surface area contributed by atoms with E-state index in [-0.39, 0.29) is 5.82 Å². The van der Waals surface area contributed by atoms with Crippen LogP contribution in [0.2, 0.25) is 0 Å². The second-order valence-electron chi connectivity index (χ2n) is 6.01. The number of rotatable bonds is 13. The van der Waals surface area contributed by atoms with Gasteiger partial charge in [-0.25, -0.2) is 4.39 Å². The largest absolute Gasteiger partial charge is 0.382 e. The first-order valence-corrected chi connectivity index (χ1v) is 9.17. The maximum Gasteiger partial charge on any atom is 0.191 e. The molecule has 1 aromatic carbocycles. The van der Waals surface area contributed by atoms with E-state index in [2.05, 4.69) is 20.5 Å². The van der Waals surface area contributed by atoms with Crippen molar-refractivity contribution in [3.05, 3.63) is 35.6 Å². The minimum atomic E-state index is -0.200. The molecule has 0 aliphatic rings. The molecule has 2 N–H and O–H groups in total. The molecule has 7 heteroatoms. The Kier molecular flexibility index (Phi) is 12.4. The van der Waals surface area contributed by atoms with E-state index in [0.717, 1.165) is 44.1 Å². The minimum Gasteiger partial charge on any atom is -0.382 e. The third-order valence-corrected chi connectivity index (χ3v) is 3.64. The fourth-order valence-corrected chi connectivity index (χ4v) is 2.29. The van der Waals surface area contributed by atoms with Crippen LogP contribution in [0, 0.1) is 5.82 Å². The maximum absolute atomic E-state index is 12.9. The molecule has 0 aliphatic carbocycles. The number of benzene rings is 1. The van der Waals surface area contributed by atoms with E-state index in [1.807, 2.05) is 26.1 Å². The first-order chi connectivity index (χ1) is 12.7. The average molecular weight is 368 g/mol. The molecular formula is C19H33FN4O2. The fraction of sp³-hybridized carbons (Fsp3) is 0.632. The van der Waals surface area contributed by atoms with E-state index in [9.17, 15) is 4.39 Å². The first-order valence-electron chi connectivity index (χ1n) is 9.17. The number of methoxy groups -OCH3 is 1. The van der Waals surface area contributed by atoms with Crippen LogP contribution in [-0.4, -0.2) is 71.0 Å². The van der Waals surface area contributed by atoms with Crippen molar-refractivity contribution in [3.8, 4) is 0 Å². The topological polar surface area (TPSA) is 58.1 Å². The average Bonchev–Trinajstić information content (AvgIpc) is 2.63. The number of nitrogens with zero attached hydrogens (tertiary/aromatic N) is 2. The summed E-state index contributed by atoms with van der Waals surface area (Å²) in [7, 11) is 3.71. The van der Waals surface area contributed by atoms with E-state index in [0.29, 0.717) is 26.4 Å². The number of ether oxygens (including phenoxy) is 2. The van der Waals surface area contributed by atoms with Crippen molar-refractivity contribution >= 4 is 5.96 Å². The highest BCUT2D eigenvalue weighted by atomic mass is 19.1. The molecule has 1 rings (SSSR count). The fourth-order valence-electron chi connectivity index (χ4n) is 2.29. The Balaban J connectivity index is 2.22. The SMILES string of the molecule is CCNC(=NCCCOCCOC)NCCN(C)Cc1ccc(F)cc1. The van der Waals surface area contributed by atoms with Crippen LogP contribution < -0.4 is 10.6 Å². The molecule has 0 bridgehead atoms. The Bertz CT molecular complexity index is 497. The molecule has 0 saturated carbocycles. The van der Waals surface area contributed by atoms with Gasteiger partial charge in [-0.2, -0.15) is 0 Å². The summed E-state index contributed by atoms with van der Waals surface area (Å²) in [6.45, 7) is 7.95. The standard InChI is InChI=1S/C19H33FN4O2/c1-4-21-19(22-10-5-13-26-15-14-25-3)23-11-12-24(2)16-17-6-8-18(20)9-7-17/h6-9H,4-5,10-16H2,1-3H3,(H2,21,22,23). The molecule has 0 fully saturated rings. The van der Waals surface area contributed by atoms with E-state index < -0.39 is 0 Å². The first kappa shape index (κ1) is 22.3. The van der Waals surface area contributed by atoms with E-state index in [4.69, 9.17) is 9.47 Å². The van der Waals surface area contributed by atoms with Crippen molar-refractivity contribution in [2.45, 2.75) is 19.9 Å². The molecule has 0 aliphatic heterocycles. The van der Waals surface area contributed by atoms with Crippen molar-refractivity contribution in [1.29, 1.82) is 0 Å². The lowest BCUT2D eigenvalue weighted by Crippen LogP contribution is -2.41. The van der Waals surface area contributed by atoms with E-state index >= 15 is 0 Å². The van der Waals surface area contributed by atoms with Crippen molar-refractivity contribution in [2.75, 3.05) is 60.2 Å². The predicted molar refractivity (Wildman–Crippen MR) is 104 cm³/mol. The van der Waals surface area contributed by atoms with Gasteiger partial charge >= 0.3 is 0 Å². The second kappa shape index (κ2) is 14.5. The van der Waals surface area contributed by atoms with Gasteiger partial charge in [0.2, 0.25) is 0 Å². The zero-order valence-electron chi connectivity index (χ0n) is 16.3. The number of hydrogen-bond acceptors (Lipinski definition) is 4. The smallest absolute Gasteiger partial charge is 0.191 e. The number of aliphatic imine (C=N–C) groups is 1. The Morgan fingerprint density at radius 1 is 1.15 bits per heavy atom. The van der Waals surface area contributed by atoms with E-state index in [1.54, 1.807) is 7.11 Å². The molecule has 1 aromatic rings. The number of guanidine groups is 1. The van der Waals surface area contributed by atoms with Crippen LogP contribution >= 0.6 is 0 Å². The predicted octanol–water partition coefficient (Wildman–Crippen LogP) is 1.87. The summed E-state index contributed by atoms with van der Waals surface area (Å²) in [6.07, 6.45) is 0.880. The lowest BCUT2D eigenvalue weighted by Gasteiger charge is -2.18. The molecular weight excluding hydrogens is 335 g/mol. The second-order valence-corrected chi connectivity index (χ2v) is 6.01. The van der Waals surface area contributed by atoms with Gasteiger partial charge in [0.05, 0.1) is 13.2 Å². The van der Waals surface area contributed by atoms with Gasteiger partial charge in [0.15, 0.2) is 5.96 Å². The van der Waals surface area contributed by atoms with Gasteiger partial charge in [0.1, 0.15) is 5.82 Å². The van der Waals surface area contributed by atoms with Gasteiger partial charge < -0.3 is 25.0 Å². The Morgan fingerprint density at radius 2 is 1.92 bits per heavy atom. The van der Waals surface area contributed by atoms with Crippen molar-refractivity contribution in [3.63, 3.8) is 0 Å². The van der Waals surface area contributed by atoms with Gasteiger partial charge in [0.25, 0.3) is 0 Å². The molecule has 0 unspecified atom stereocenters. The Labute approximate surface area is 156 Å². The van der Waals surface area contributed by atoms with Gasteiger partial charge in [-0.1, -0.05) is 12.1 Å². The number of hydrogen-bond donors (Lipinski definition) is 2. The molecule has 0 spiro atoms. The number of halogens is 1. The van der Waals surface area contributed by atoms with Crippen LogP contribution in [-0.2, 0) is 16.0 Å². The van der Waals surface area contributed by atoms with Crippen molar-refractivity contribution < 1.29 is 13.9 Å². The number of nitrogens with one attached hydrogen (secondary N) is 2. The lowest BCUT2D eigenvalue weighted by atomic mass is 10.2. The summed E-state index contributed by atoms with van der Waals surface area (Å²) in [5.74, 6) is 0.619. The van der Waals surface area contributed by atoms with Gasteiger partial charge in [-0.15, -0.1) is 0 Å². The Morgan fingerprint density at radius 3 is 2.62 bits per heavy atom. The van der Waals surface area contributed by atoms with E-state index in [1.165, 1.54) is 12.1 Å². The highest BCUT2D eigenvalue weighted by Crippen LogP contribution is 2.04. The molecule has 26 heavy (non-hydrogen) atoms. The Hall–Kier alpha value is -1.70. The molecule has 0 saturated heterocycles. The third kappa shape index (κ3) is 11.0. The molecule has 0 radical (unpaired) electrons. The summed E-state index contributed by atoms with van der Waals surface area (Å²) in [4.78, 5) is 6.73. The normalized spacial score (nSPS) is 11.8. The zero-order valence-corrected chi connectivity index (χ0v) is 16.3. The highest BCUT2D eigenvalue weighted by Gasteiger charge is 2.02. The van der Waals surface area contributed by atoms with Crippen LogP contribution in [0.1, 0.15) is 18.9 Å². The van der Waals surface area contributed by atoms with Crippen LogP contribution in [0.15, 0.2) is 29.3 Å². The monoisotopic (exact) mass is 368 g/mol. The summed E-state index contributed by atoms with van der Waals surface area (Å²) >= 11 is 0. The van der Waals surface area contributed by atoms with Crippen molar-refractivity contribution in [2.24, 2.45) is 4.99 Å². The highest BCUT2D eigenvalue weighted by molar-refractivity contribution is 5.79. The minimum absolute atomic E-state index is 0.200. The van der Waals surface area contributed by atoms with Crippen LogP contribution in [0.3, 0.4) is 0 Å². The van der Waals surface area contributed by atoms with Crippen LogP contribution in [0.25, 0.3) is 0 Å². The summed E-state index contributed by atoms with van der Waals surface area (Å²) in [5, 5.41) is 6.58. The van der Waals surface area contributed by atoms with Gasteiger partial charge in [0, 0.05) is 46.4 Å². The summed E-state index contributed by atoms with van der Waals surface area (Å²) < 4.78 is 23.3. The third-order valence-electron chi connectivity index (χ3n) is 3.64. The zero-order chi connectivity index (χ0) is 19.0. The van der Waals surface area contributed by atoms with Gasteiger partial charge in [-0.05, 0) is 38.1 Å². The summed E-state index contributed by atoms with van der Waals surface area (Å²) in [6, 6.07) is 6.63. The number of likely N-dealkylation sites (N-methyl/N-ethyl adjacent to an activating group) is 1. The molecule has 148 valence electrons. The maximum atomic E-state index is 12.9. The molecule has 0 atom stereocenters. The molecule has 0 aromatic heterocycles. The van der Waals surface area contributed by atoms with Crippen molar-refractivity contribution in [1.82, 2.24) is 15.5 Å². The quantitative estimate of drug-likeness (QED) is 0.316.